The molecule has 2 heterocycles. The molecule has 240 valence electrons. The lowest BCUT2D eigenvalue weighted by Gasteiger charge is -2.26. The number of hydrogen-bond acceptors (Lipinski definition) is 5. The number of carbonyl (C=O) groups excluding carboxylic acids is 4. The average molecular weight is 624 g/mol. The molecule has 0 saturated heterocycles. The summed E-state index contributed by atoms with van der Waals surface area (Å²) in [6.07, 6.45) is 2.52. The van der Waals surface area contributed by atoms with Crippen molar-refractivity contribution in [3.8, 4) is 5.75 Å². The number of H-pyrrole nitrogens is 1. The number of nitrogens with one attached hydrogen (secondary N) is 4. The molecule has 0 spiro atoms. The molecule has 4 N–H and O–H groups in total. The molecule has 0 aliphatic carbocycles. The van der Waals surface area contributed by atoms with Gasteiger partial charge in [0.05, 0.1) is 18.2 Å². The van der Waals surface area contributed by atoms with Gasteiger partial charge in [0.25, 0.3) is 5.91 Å². The van der Waals surface area contributed by atoms with Gasteiger partial charge in [-0.3, -0.25) is 19.2 Å². The van der Waals surface area contributed by atoms with Crippen LogP contribution in [-0.2, 0) is 27.3 Å². The lowest BCUT2D eigenvalue weighted by Crippen LogP contribution is -2.48. The molecule has 4 amide bonds. The number of ether oxygens (including phenoxy) is 1. The second kappa shape index (κ2) is 15.2. The highest BCUT2D eigenvalue weighted by atomic mass is 16.5. The van der Waals surface area contributed by atoms with Crippen LogP contribution in [0.4, 0.5) is 0 Å². The molecular formula is C36H41N5O5. The van der Waals surface area contributed by atoms with E-state index in [0.29, 0.717) is 18.7 Å². The lowest BCUT2D eigenvalue weighted by atomic mass is 10.1. The Morgan fingerprint density at radius 2 is 1.70 bits per heavy atom. The Morgan fingerprint density at radius 3 is 2.50 bits per heavy atom. The van der Waals surface area contributed by atoms with E-state index in [-0.39, 0.29) is 61.9 Å². The Hall–Kier alpha value is -5.12. The number of hydrogen-bond donors (Lipinski definition) is 4. The summed E-state index contributed by atoms with van der Waals surface area (Å²) in [4.78, 5) is 58.7. The second-order valence-electron chi connectivity index (χ2n) is 11.9. The van der Waals surface area contributed by atoms with Crippen molar-refractivity contribution >= 4 is 34.5 Å². The number of aromatic amines is 1. The van der Waals surface area contributed by atoms with Crippen LogP contribution in [0.5, 0.6) is 5.75 Å². The first-order chi connectivity index (χ1) is 22.3. The molecule has 3 aromatic carbocycles. The summed E-state index contributed by atoms with van der Waals surface area (Å²) in [7, 11) is 0. The molecule has 0 saturated carbocycles. The summed E-state index contributed by atoms with van der Waals surface area (Å²) in [5.41, 5.74) is 3.23. The Kier molecular flexibility index (Phi) is 10.7. The van der Waals surface area contributed by atoms with Crippen LogP contribution in [0.25, 0.3) is 10.9 Å². The van der Waals surface area contributed by atoms with Crippen molar-refractivity contribution in [2.75, 3.05) is 19.7 Å². The van der Waals surface area contributed by atoms with Gasteiger partial charge in [-0.1, -0.05) is 74.5 Å². The normalized spacial score (nSPS) is 18.2. The van der Waals surface area contributed by atoms with Gasteiger partial charge in [-0.05, 0) is 48.1 Å². The molecule has 1 aliphatic heterocycles. The first-order valence-electron chi connectivity index (χ1n) is 15.7. The standard InChI is InChI=1S/C36H41N5O5/c1-24(2)31-23-46-32-15-9-7-13-28(32)35(44)40-30(36(45)37-19-18-26-20-38-29-14-8-6-12-27(26)29)16-17-34(43)41(22-33(42)39-31)21-25-10-4-3-5-11-25/h3-15,20,24,30-31,38H,16-19,21-23H2,1-2H3,(H,37,45)(H,39,42)(H,40,44)/t30-,31-/m0/s1. The number of carbonyl (C=O) groups is 4. The highest BCUT2D eigenvalue weighted by molar-refractivity contribution is 6.00. The largest absolute Gasteiger partial charge is 0.491 e. The highest BCUT2D eigenvalue weighted by Gasteiger charge is 2.28. The van der Waals surface area contributed by atoms with Gasteiger partial charge in [-0.25, -0.2) is 0 Å². The minimum atomic E-state index is -0.992. The molecule has 2 atom stereocenters. The van der Waals surface area contributed by atoms with E-state index in [4.69, 9.17) is 4.74 Å². The molecular weight excluding hydrogens is 582 g/mol. The van der Waals surface area contributed by atoms with Crippen LogP contribution in [0.1, 0.15) is 48.2 Å². The predicted octanol–water partition coefficient (Wildman–Crippen LogP) is 3.97. The second-order valence-corrected chi connectivity index (χ2v) is 11.9. The van der Waals surface area contributed by atoms with E-state index < -0.39 is 17.9 Å². The van der Waals surface area contributed by atoms with Crippen molar-refractivity contribution in [2.24, 2.45) is 5.92 Å². The molecule has 10 heteroatoms. The zero-order valence-corrected chi connectivity index (χ0v) is 26.3. The summed E-state index contributed by atoms with van der Waals surface area (Å²) in [5.74, 6) is -1.11. The average Bonchev–Trinajstić information content (AvgIpc) is 3.47. The number of para-hydroxylation sites is 2. The smallest absolute Gasteiger partial charge is 0.255 e. The molecule has 0 fully saturated rings. The van der Waals surface area contributed by atoms with E-state index in [9.17, 15) is 19.2 Å². The van der Waals surface area contributed by atoms with Crippen molar-refractivity contribution in [1.29, 1.82) is 0 Å². The molecule has 0 bridgehead atoms. The van der Waals surface area contributed by atoms with Gasteiger partial charge in [-0.2, -0.15) is 0 Å². The van der Waals surface area contributed by atoms with Gasteiger partial charge in [0, 0.05) is 36.6 Å². The van der Waals surface area contributed by atoms with Crippen LogP contribution < -0.4 is 20.7 Å². The highest BCUT2D eigenvalue weighted by Crippen LogP contribution is 2.21. The molecule has 5 rings (SSSR count). The first-order valence-corrected chi connectivity index (χ1v) is 15.7. The molecule has 1 aromatic heterocycles. The van der Waals surface area contributed by atoms with E-state index in [1.165, 1.54) is 4.90 Å². The van der Waals surface area contributed by atoms with Crippen LogP contribution in [0.3, 0.4) is 0 Å². The number of nitrogens with zero attached hydrogens (tertiary/aromatic N) is 1. The van der Waals surface area contributed by atoms with E-state index in [1.54, 1.807) is 24.3 Å². The number of fused-ring (bicyclic) bond motifs is 2. The fourth-order valence-corrected chi connectivity index (χ4v) is 5.54. The third kappa shape index (κ3) is 8.32. The number of amides is 4. The van der Waals surface area contributed by atoms with E-state index >= 15 is 0 Å². The summed E-state index contributed by atoms with van der Waals surface area (Å²) in [5, 5.41) is 9.90. The number of aromatic nitrogens is 1. The molecule has 0 unspecified atom stereocenters. The van der Waals surface area contributed by atoms with E-state index in [1.807, 2.05) is 74.6 Å². The van der Waals surface area contributed by atoms with Gasteiger partial charge in [0.2, 0.25) is 17.7 Å². The zero-order chi connectivity index (χ0) is 32.5. The van der Waals surface area contributed by atoms with Gasteiger partial charge in [0.15, 0.2) is 0 Å². The summed E-state index contributed by atoms with van der Waals surface area (Å²) < 4.78 is 6.08. The molecule has 0 radical (unpaired) electrons. The molecule has 1 aliphatic rings. The maximum atomic E-state index is 13.6. The Labute approximate surface area is 268 Å². The van der Waals surface area contributed by atoms with Crippen molar-refractivity contribution < 1.29 is 23.9 Å². The van der Waals surface area contributed by atoms with Crippen LogP contribution in [0, 0.1) is 5.92 Å². The van der Waals surface area contributed by atoms with Gasteiger partial charge < -0.3 is 30.6 Å². The number of benzene rings is 3. The maximum absolute atomic E-state index is 13.6. The zero-order valence-electron chi connectivity index (χ0n) is 26.3. The quantitative estimate of drug-likeness (QED) is 0.247. The van der Waals surface area contributed by atoms with Gasteiger partial charge in [0.1, 0.15) is 18.4 Å². The fraction of sp³-hybridized carbons (Fsp3) is 0.333. The summed E-state index contributed by atoms with van der Waals surface area (Å²) in [6, 6.07) is 22.8. The number of rotatable bonds is 7. The van der Waals surface area contributed by atoms with Gasteiger partial charge >= 0.3 is 0 Å². The molecule has 10 nitrogen and oxygen atoms in total. The SMILES string of the molecule is CC(C)[C@@H]1COc2ccccc2C(=O)N[C@H](C(=O)NCCc2c[nH]c3ccccc23)CCC(=O)N(Cc2ccccc2)CC(=O)N1. The third-order valence-corrected chi connectivity index (χ3v) is 8.24. The van der Waals surface area contributed by atoms with Crippen molar-refractivity contribution in [1.82, 2.24) is 25.8 Å². The predicted molar refractivity (Wildman–Crippen MR) is 176 cm³/mol. The lowest BCUT2D eigenvalue weighted by molar-refractivity contribution is -0.137. The Morgan fingerprint density at radius 1 is 0.957 bits per heavy atom. The Balaban J connectivity index is 1.37. The summed E-state index contributed by atoms with van der Waals surface area (Å²) in [6.45, 7) is 4.48. The van der Waals surface area contributed by atoms with E-state index in [2.05, 4.69) is 20.9 Å². The van der Waals surface area contributed by atoms with Gasteiger partial charge in [-0.15, -0.1) is 0 Å². The van der Waals surface area contributed by atoms with Crippen molar-refractivity contribution in [2.45, 2.75) is 51.7 Å². The third-order valence-electron chi connectivity index (χ3n) is 8.24. The van der Waals surface area contributed by atoms with Crippen molar-refractivity contribution in [3.63, 3.8) is 0 Å². The monoisotopic (exact) mass is 623 g/mol. The van der Waals surface area contributed by atoms with E-state index in [0.717, 1.165) is 22.0 Å². The van der Waals surface area contributed by atoms with Crippen molar-refractivity contribution in [3.05, 3.63) is 102 Å². The maximum Gasteiger partial charge on any atom is 0.255 e. The minimum Gasteiger partial charge on any atom is -0.491 e. The molecule has 46 heavy (non-hydrogen) atoms. The Bertz CT molecular complexity index is 1670. The molecule has 4 aromatic rings. The van der Waals surface area contributed by atoms with Crippen LogP contribution >= 0.6 is 0 Å². The topological polar surface area (TPSA) is 133 Å². The van der Waals surface area contributed by atoms with Crippen LogP contribution in [0.2, 0.25) is 0 Å². The fourth-order valence-electron chi connectivity index (χ4n) is 5.54. The first kappa shape index (κ1) is 32.3. The summed E-state index contributed by atoms with van der Waals surface area (Å²) >= 11 is 0. The van der Waals surface area contributed by atoms with Crippen LogP contribution in [0.15, 0.2) is 85.1 Å². The van der Waals surface area contributed by atoms with Crippen LogP contribution in [-0.4, -0.2) is 65.3 Å². The minimum absolute atomic E-state index is 0.0243.